The van der Waals surface area contributed by atoms with Crippen molar-refractivity contribution in [3.63, 3.8) is 0 Å². The molecular formula is C21H32O6. The lowest BCUT2D eigenvalue weighted by atomic mass is 9.49. The van der Waals surface area contributed by atoms with Crippen LogP contribution in [0.1, 0.15) is 52.4 Å². The molecule has 4 unspecified atom stereocenters. The van der Waals surface area contributed by atoms with Gasteiger partial charge in [0.05, 0.1) is 19.3 Å². The Morgan fingerprint density at radius 1 is 1.30 bits per heavy atom. The van der Waals surface area contributed by atoms with E-state index in [9.17, 15) is 20.1 Å². The Balaban J connectivity index is 1.66. The predicted octanol–water partition coefficient (Wildman–Crippen LogP) is 1.77. The van der Waals surface area contributed by atoms with E-state index in [4.69, 9.17) is 9.47 Å². The smallest absolute Gasteiger partial charge is 0.305 e. The van der Waals surface area contributed by atoms with Crippen LogP contribution in [0, 0.1) is 28.6 Å². The van der Waals surface area contributed by atoms with Crippen molar-refractivity contribution >= 4 is 5.97 Å². The Kier molecular flexibility index (Phi) is 4.90. The molecule has 8 atom stereocenters. The van der Waals surface area contributed by atoms with Gasteiger partial charge in [0.15, 0.2) is 6.29 Å². The van der Waals surface area contributed by atoms with Crippen LogP contribution < -0.4 is 0 Å². The quantitative estimate of drug-likeness (QED) is 0.510. The lowest BCUT2D eigenvalue weighted by Crippen LogP contribution is -2.58. The maximum atomic E-state index is 11.9. The van der Waals surface area contributed by atoms with Crippen LogP contribution in [0.4, 0.5) is 0 Å². The number of fused-ring (bicyclic) bond motifs is 5. The lowest BCUT2D eigenvalue weighted by molar-refractivity contribution is -0.188. The summed E-state index contributed by atoms with van der Waals surface area (Å²) < 4.78 is 11.3. The molecule has 2 saturated carbocycles. The molecule has 4 rings (SSSR count). The lowest BCUT2D eigenvalue weighted by Gasteiger charge is -2.58. The van der Waals surface area contributed by atoms with Crippen LogP contribution in [0.2, 0.25) is 0 Å². The Morgan fingerprint density at radius 3 is 2.78 bits per heavy atom. The van der Waals surface area contributed by atoms with Crippen LogP contribution in [0.15, 0.2) is 11.6 Å². The number of hydrogen-bond acceptors (Lipinski definition) is 6. The second-order valence-corrected chi connectivity index (χ2v) is 9.20. The van der Waals surface area contributed by atoms with Crippen molar-refractivity contribution in [2.45, 2.75) is 70.9 Å². The van der Waals surface area contributed by atoms with Gasteiger partial charge in [-0.25, -0.2) is 0 Å². The normalized spacial score (nSPS) is 48.9. The van der Waals surface area contributed by atoms with Crippen LogP contribution in [0.25, 0.3) is 0 Å². The Bertz CT molecular complexity index is 632. The van der Waals surface area contributed by atoms with Crippen LogP contribution in [0.3, 0.4) is 0 Å². The highest BCUT2D eigenvalue weighted by molar-refractivity contribution is 5.69. The van der Waals surface area contributed by atoms with Crippen molar-refractivity contribution in [2.24, 2.45) is 28.6 Å². The molecule has 1 heterocycles. The summed E-state index contributed by atoms with van der Waals surface area (Å²) in [6.07, 6.45) is 4.28. The highest BCUT2D eigenvalue weighted by Crippen LogP contribution is 2.64. The molecule has 1 aliphatic heterocycles. The van der Waals surface area contributed by atoms with Crippen LogP contribution in [-0.2, 0) is 14.3 Å². The molecule has 0 aromatic heterocycles. The van der Waals surface area contributed by atoms with Crippen molar-refractivity contribution in [3.8, 4) is 0 Å². The van der Waals surface area contributed by atoms with Gasteiger partial charge in [-0.15, -0.1) is 0 Å². The Hall–Kier alpha value is -0.950. The summed E-state index contributed by atoms with van der Waals surface area (Å²) in [5, 5.41) is 31.3. The molecule has 0 aromatic rings. The van der Waals surface area contributed by atoms with Crippen molar-refractivity contribution in [1.29, 1.82) is 0 Å². The Labute approximate surface area is 160 Å². The molecule has 27 heavy (non-hydrogen) atoms. The van der Waals surface area contributed by atoms with E-state index in [-0.39, 0.29) is 41.8 Å². The summed E-state index contributed by atoms with van der Waals surface area (Å²) in [5.74, 6) is 0.158. The van der Waals surface area contributed by atoms with Gasteiger partial charge < -0.3 is 24.8 Å². The average molecular weight is 380 g/mol. The fourth-order valence-electron chi connectivity index (χ4n) is 6.66. The minimum atomic E-state index is -0.794. The first-order valence-corrected chi connectivity index (χ1v) is 10.3. The van der Waals surface area contributed by atoms with Gasteiger partial charge in [-0.05, 0) is 43.4 Å². The minimum Gasteiger partial charge on any atom is -0.462 e. The monoisotopic (exact) mass is 380 g/mol. The molecular weight excluding hydrogens is 348 g/mol. The summed E-state index contributed by atoms with van der Waals surface area (Å²) in [5.41, 5.74) is 0.450. The molecule has 0 spiro atoms. The summed E-state index contributed by atoms with van der Waals surface area (Å²) in [7, 11) is 0. The first kappa shape index (κ1) is 19.4. The van der Waals surface area contributed by atoms with Gasteiger partial charge in [-0.2, -0.15) is 0 Å². The van der Waals surface area contributed by atoms with Crippen LogP contribution >= 0.6 is 0 Å². The van der Waals surface area contributed by atoms with Gasteiger partial charge in [0.2, 0.25) is 0 Å². The topological polar surface area (TPSA) is 96.2 Å². The number of esters is 1. The molecule has 0 aromatic carbocycles. The zero-order valence-electron chi connectivity index (χ0n) is 16.3. The van der Waals surface area contributed by atoms with E-state index in [0.717, 1.165) is 31.3 Å². The molecule has 4 aliphatic rings. The van der Waals surface area contributed by atoms with E-state index in [1.54, 1.807) is 6.92 Å². The third-order valence-corrected chi connectivity index (χ3v) is 8.11. The molecule has 3 N–H and O–H groups in total. The first-order valence-electron chi connectivity index (χ1n) is 10.3. The van der Waals surface area contributed by atoms with Gasteiger partial charge in [0.25, 0.3) is 0 Å². The third-order valence-electron chi connectivity index (χ3n) is 8.11. The fourth-order valence-corrected chi connectivity index (χ4v) is 6.66. The third kappa shape index (κ3) is 2.79. The second kappa shape index (κ2) is 6.83. The molecule has 6 nitrogen and oxygen atoms in total. The number of rotatable bonds is 3. The van der Waals surface area contributed by atoms with Gasteiger partial charge in [-0.3, -0.25) is 4.79 Å². The van der Waals surface area contributed by atoms with Gasteiger partial charge in [-0.1, -0.05) is 25.5 Å². The number of aliphatic hydroxyl groups excluding tert-OH is 3. The van der Waals surface area contributed by atoms with E-state index in [0.29, 0.717) is 19.4 Å². The highest BCUT2D eigenvalue weighted by atomic mass is 16.6. The van der Waals surface area contributed by atoms with Crippen molar-refractivity contribution in [2.75, 3.05) is 13.2 Å². The van der Waals surface area contributed by atoms with Crippen LogP contribution in [-0.4, -0.2) is 53.0 Å². The van der Waals surface area contributed by atoms with E-state index >= 15 is 0 Å². The first-order chi connectivity index (χ1) is 12.9. The largest absolute Gasteiger partial charge is 0.462 e. The van der Waals surface area contributed by atoms with Gasteiger partial charge >= 0.3 is 5.97 Å². The van der Waals surface area contributed by atoms with E-state index < -0.39 is 17.8 Å². The zero-order chi connectivity index (χ0) is 19.4. The summed E-state index contributed by atoms with van der Waals surface area (Å²) in [6.45, 7) is 4.41. The summed E-state index contributed by atoms with van der Waals surface area (Å²) >= 11 is 0. The van der Waals surface area contributed by atoms with E-state index in [2.05, 4.69) is 6.92 Å². The minimum absolute atomic E-state index is 0.0161. The van der Waals surface area contributed by atoms with E-state index in [1.165, 1.54) is 0 Å². The maximum Gasteiger partial charge on any atom is 0.305 e. The fraction of sp³-hybridized carbons (Fsp3) is 0.857. The predicted molar refractivity (Wildman–Crippen MR) is 97.4 cm³/mol. The molecule has 6 heteroatoms. The number of ether oxygens (including phenoxy) is 2. The number of aliphatic hydroxyl groups is 3. The molecule has 152 valence electrons. The van der Waals surface area contributed by atoms with Gasteiger partial charge in [0, 0.05) is 23.7 Å². The van der Waals surface area contributed by atoms with Gasteiger partial charge in [0.1, 0.15) is 6.10 Å². The number of carbonyl (C=O) groups is 1. The second-order valence-electron chi connectivity index (χ2n) is 9.20. The number of carbonyl (C=O) groups excluding carboxylic acids is 1. The SMILES string of the molecule is CCC(=O)O[C@H]1CCC2C3C(O)C=C4C[C@@H](O)OC[C@]4(C)C3CC[C@@]21CO. The maximum absolute atomic E-state index is 11.9. The molecule has 1 saturated heterocycles. The molecule has 0 bridgehead atoms. The summed E-state index contributed by atoms with van der Waals surface area (Å²) in [6, 6.07) is 0. The molecule has 3 fully saturated rings. The average Bonchev–Trinajstić information content (AvgIpc) is 3.02. The molecule has 0 amide bonds. The number of hydrogen-bond donors (Lipinski definition) is 3. The van der Waals surface area contributed by atoms with E-state index in [1.807, 2.05) is 6.08 Å². The highest BCUT2D eigenvalue weighted by Gasteiger charge is 2.63. The zero-order valence-corrected chi connectivity index (χ0v) is 16.3. The molecule has 3 aliphatic carbocycles. The van der Waals surface area contributed by atoms with Crippen molar-refractivity contribution in [1.82, 2.24) is 0 Å². The summed E-state index contributed by atoms with van der Waals surface area (Å²) in [4.78, 5) is 11.9. The standard InChI is InChI=1S/C21H32O6/c1-3-17(24)27-16-5-4-14-19-13(6-7-21(14,16)10-22)20(2)11-26-18(25)9-12(20)8-15(19)23/h8,13-16,18-19,22-23,25H,3-7,9-11H2,1-2H3/t13?,14?,15?,16-,18-,19?,20-,21+/m0/s1. The Morgan fingerprint density at radius 2 is 2.07 bits per heavy atom. The van der Waals surface area contributed by atoms with Crippen molar-refractivity contribution in [3.05, 3.63) is 11.6 Å². The van der Waals surface area contributed by atoms with Crippen LogP contribution in [0.5, 0.6) is 0 Å². The molecule has 0 radical (unpaired) electrons. The van der Waals surface area contributed by atoms with Crippen molar-refractivity contribution < 1.29 is 29.6 Å².